The van der Waals surface area contributed by atoms with E-state index in [1.807, 2.05) is 30.3 Å². The van der Waals surface area contributed by atoms with Crippen molar-refractivity contribution in [2.45, 2.75) is 13.8 Å². The van der Waals surface area contributed by atoms with Crippen molar-refractivity contribution in [3.8, 4) is 0 Å². The highest BCUT2D eigenvalue weighted by atomic mass is 19.1. The molecule has 0 N–H and O–H groups in total. The second-order valence-electron chi connectivity index (χ2n) is 5.15. The van der Waals surface area contributed by atoms with E-state index in [1.165, 1.54) is 6.07 Å². The highest BCUT2D eigenvalue weighted by Gasteiger charge is 2.20. The molecule has 21 heavy (non-hydrogen) atoms. The number of hydrogen-bond donors (Lipinski definition) is 0. The summed E-state index contributed by atoms with van der Waals surface area (Å²) in [6.07, 6.45) is 1.58. The average molecular weight is 279 g/mol. The van der Waals surface area contributed by atoms with Crippen LogP contribution in [0.5, 0.6) is 0 Å². The van der Waals surface area contributed by atoms with Crippen LogP contribution in [0.4, 0.5) is 4.39 Å². The first-order valence-electron chi connectivity index (χ1n) is 6.73. The SMILES string of the molecule is Cc1cc(C)c(C(=O)c2nccc3ccccc23)c(F)c1. The van der Waals surface area contributed by atoms with Crippen molar-refractivity contribution in [3.05, 3.63) is 76.9 Å². The van der Waals surface area contributed by atoms with Crippen LogP contribution in [-0.4, -0.2) is 10.8 Å². The van der Waals surface area contributed by atoms with Crippen molar-refractivity contribution in [3.63, 3.8) is 0 Å². The van der Waals surface area contributed by atoms with Gasteiger partial charge < -0.3 is 0 Å². The maximum Gasteiger partial charge on any atom is 0.215 e. The van der Waals surface area contributed by atoms with Crippen LogP contribution >= 0.6 is 0 Å². The number of aryl methyl sites for hydroxylation is 2. The number of fused-ring (bicyclic) bond motifs is 1. The lowest BCUT2D eigenvalue weighted by Crippen LogP contribution is -2.09. The average Bonchev–Trinajstić information content (AvgIpc) is 2.45. The molecule has 0 aliphatic rings. The summed E-state index contributed by atoms with van der Waals surface area (Å²) in [4.78, 5) is 16.9. The molecule has 0 aliphatic heterocycles. The van der Waals surface area contributed by atoms with Crippen molar-refractivity contribution in [1.82, 2.24) is 4.98 Å². The van der Waals surface area contributed by atoms with Gasteiger partial charge in [0.05, 0.1) is 5.56 Å². The van der Waals surface area contributed by atoms with E-state index in [0.717, 1.165) is 16.3 Å². The summed E-state index contributed by atoms with van der Waals surface area (Å²) < 4.78 is 14.2. The second-order valence-corrected chi connectivity index (χ2v) is 5.15. The molecule has 1 heterocycles. The lowest BCUT2D eigenvalue weighted by atomic mass is 9.97. The van der Waals surface area contributed by atoms with E-state index in [4.69, 9.17) is 0 Å². The van der Waals surface area contributed by atoms with Gasteiger partial charge in [-0.05, 0) is 42.5 Å². The van der Waals surface area contributed by atoms with Crippen molar-refractivity contribution < 1.29 is 9.18 Å². The van der Waals surface area contributed by atoms with E-state index in [-0.39, 0.29) is 11.3 Å². The van der Waals surface area contributed by atoms with Gasteiger partial charge in [0.2, 0.25) is 5.78 Å². The number of halogens is 1. The molecule has 2 nitrogen and oxygen atoms in total. The molecular formula is C18H14FNO. The van der Waals surface area contributed by atoms with E-state index in [9.17, 15) is 9.18 Å². The number of hydrogen-bond acceptors (Lipinski definition) is 2. The van der Waals surface area contributed by atoms with E-state index in [2.05, 4.69) is 4.98 Å². The minimum Gasteiger partial charge on any atom is -0.287 e. The smallest absolute Gasteiger partial charge is 0.215 e. The fraction of sp³-hybridized carbons (Fsp3) is 0.111. The molecule has 104 valence electrons. The fourth-order valence-corrected chi connectivity index (χ4v) is 2.62. The molecule has 0 amide bonds. The van der Waals surface area contributed by atoms with Gasteiger partial charge in [-0.25, -0.2) is 4.39 Å². The molecule has 3 heteroatoms. The molecule has 0 saturated carbocycles. The first-order valence-corrected chi connectivity index (χ1v) is 6.73. The summed E-state index contributed by atoms with van der Waals surface area (Å²) >= 11 is 0. The maximum atomic E-state index is 14.2. The van der Waals surface area contributed by atoms with Crippen LogP contribution in [0.25, 0.3) is 10.8 Å². The maximum absolute atomic E-state index is 14.2. The van der Waals surface area contributed by atoms with Gasteiger partial charge in [0.1, 0.15) is 11.5 Å². The Morgan fingerprint density at radius 2 is 1.86 bits per heavy atom. The Morgan fingerprint density at radius 1 is 1.10 bits per heavy atom. The van der Waals surface area contributed by atoms with E-state index >= 15 is 0 Å². The first-order chi connectivity index (χ1) is 10.1. The molecule has 0 unspecified atom stereocenters. The quantitative estimate of drug-likeness (QED) is 0.657. The zero-order chi connectivity index (χ0) is 15.0. The molecule has 0 spiro atoms. The van der Waals surface area contributed by atoms with Crippen LogP contribution in [0.2, 0.25) is 0 Å². The molecule has 0 atom stereocenters. The number of ketones is 1. The minimum atomic E-state index is -0.493. The third-order valence-corrected chi connectivity index (χ3v) is 3.55. The molecule has 2 aromatic carbocycles. The van der Waals surface area contributed by atoms with Crippen LogP contribution in [0.15, 0.2) is 48.7 Å². The van der Waals surface area contributed by atoms with Crippen LogP contribution < -0.4 is 0 Å². The number of aromatic nitrogens is 1. The van der Waals surface area contributed by atoms with Crippen molar-refractivity contribution in [2.24, 2.45) is 0 Å². The molecule has 1 aromatic heterocycles. The number of nitrogens with zero attached hydrogens (tertiary/aromatic N) is 1. The van der Waals surface area contributed by atoms with Crippen molar-refractivity contribution >= 4 is 16.6 Å². The predicted molar refractivity (Wildman–Crippen MR) is 81.0 cm³/mol. The minimum absolute atomic E-state index is 0.101. The predicted octanol–water partition coefficient (Wildman–Crippen LogP) is 4.22. The Morgan fingerprint density at radius 3 is 2.62 bits per heavy atom. The standard InChI is InChI=1S/C18H14FNO/c1-11-9-12(2)16(15(19)10-11)18(21)17-14-6-4-3-5-13(14)7-8-20-17/h3-10H,1-2H3. The summed E-state index contributed by atoms with van der Waals surface area (Å²) in [5, 5.41) is 1.66. The fourth-order valence-electron chi connectivity index (χ4n) is 2.62. The first kappa shape index (κ1) is 13.4. The Kier molecular flexibility index (Phi) is 3.26. The molecule has 0 bridgehead atoms. The van der Waals surface area contributed by atoms with Gasteiger partial charge >= 0.3 is 0 Å². The molecule has 3 aromatic rings. The van der Waals surface area contributed by atoms with Gasteiger partial charge in [-0.1, -0.05) is 30.3 Å². The van der Waals surface area contributed by atoms with E-state index < -0.39 is 5.82 Å². The molecule has 0 saturated heterocycles. The number of benzene rings is 2. The third-order valence-electron chi connectivity index (χ3n) is 3.55. The summed E-state index contributed by atoms with van der Waals surface area (Å²) in [5.41, 5.74) is 1.82. The summed E-state index contributed by atoms with van der Waals surface area (Å²) in [6, 6.07) is 12.5. The van der Waals surface area contributed by atoms with Crippen LogP contribution in [-0.2, 0) is 0 Å². The Labute approximate surface area is 122 Å². The Hall–Kier alpha value is -2.55. The van der Waals surface area contributed by atoms with Gasteiger partial charge in [0, 0.05) is 11.6 Å². The molecule has 3 rings (SSSR count). The van der Waals surface area contributed by atoms with Gasteiger partial charge in [-0.2, -0.15) is 0 Å². The van der Waals surface area contributed by atoms with Crippen LogP contribution in [0.3, 0.4) is 0 Å². The zero-order valence-electron chi connectivity index (χ0n) is 11.9. The molecule has 0 fully saturated rings. The molecule has 0 aliphatic carbocycles. The lowest BCUT2D eigenvalue weighted by molar-refractivity contribution is 0.103. The van der Waals surface area contributed by atoms with Crippen molar-refractivity contribution in [1.29, 1.82) is 0 Å². The van der Waals surface area contributed by atoms with Crippen molar-refractivity contribution in [2.75, 3.05) is 0 Å². The monoisotopic (exact) mass is 279 g/mol. The number of carbonyl (C=O) groups is 1. The third kappa shape index (κ3) is 2.31. The van der Waals surface area contributed by atoms with Gasteiger partial charge in [-0.15, -0.1) is 0 Å². The number of pyridine rings is 1. The highest BCUT2D eigenvalue weighted by molar-refractivity contribution is 6.15. The second kappa shape index (κ2) is 5.09. The number of carbonyl (C=O) groups excluding carboxylic acids is 1. The Bertz CT molecular complexity index is 826. The zero-order valence-corrected chi connectivity index (χ0v) is 11.9. The van der Waals surface area contributed by atoms with E-state index in [0.29, 0.717) is 11.3 Å². The van der Waals surface area contributed by atoms with Gasteiger partial charge in [-0.3, -0.25) is 9.78 Å². The van der Waals surface area contributed by atoms with E-state index in [1.54, 1.807) is 26.1 Å². The van der Waals surface area contributed by atoms with Gasteiger partial charge in [0.15, 0.2) is 0 Å². The largest absolute Gasteiger partial charge is 0.287 e. The highest BCUT2D eigenvalue weighted by Crippen LogP contribution is 2.23. The number of rotatable bonds is 2. The van der Waals surface area contributed by atoms with Crippen LogP contribution in [0.1, 0.15) is 27.2 Å². The van der Waals surface area contributed by atoms with Crippen LogP contribution in [0, 0.1) is 19.7 Å². The summed E-state index contributed by atoms with van der Waals surface area (Å²) in [7, 11) is 0. The molecular weight excluding hydrogens is 265 g/mol. The van der Waals surface area contributed by atoms with Gasteiger partial charge in [0.25, 0.3) is 0 Å². The molecule has 0 radical (unpaired) electrons. The summed E-state index contributed by atoms with van der Waals surface area (Å²) in [5.74, 6) is -0.867. The lowest BCUT2D eigenvalue weighted by Gasteiger charge is -2.09. The normalized spacial score (nSPS) is 10.8. The summed E-state index contributed by atoms with van der Waals surface area (Å²) in [6.45, 7) is 3.55. The topological polar surface area (TPSA) is 30.0 Å². The Balaban J connectivity index is 2.22.